The Morgan fingerprint density at radius 3 is 0.969 bits per heavy atom. The zero-order chi connectivity index (χ0) is 66.7. The Labute approximate surface area is 578 Å². The molecule has 0 bridgehead atoms. The fourth-order valence-corrected chi connectivity index (χ4v) is 10.7. The van der Waals surface area contributed by atoms with Gasteiger partial charge in [-0.3, -0.25) is 0 Å². The monoisotopic (exact) mass is 1380 g/mol. The van der Waals surface area contributed by atoms with Crippen molar-refractivity contribution in [3.8, 4) is 23.0 Å². The van der Waals surface area contributed by atoms with Gasteiger partial charge in [0.2, 0.25) is 0 Å². The minimum atomic E-state index is -0.112. The quantitative estimate of drug-likeness (QED) is 0.0709. The van der Waals surface area contributed by atoms with Crippen LogP contribution in [0.25, 0.3) is 0 Å². The van der Waals surface area contributed by atoms with Crippen LogP contribution in [0.5, 0.6) is 23.0 Å². The zero-order valence-electron chi connectivity index (χ0n) is 56.5. The van der Waals surface area contributed by atoms with Crippen molar-refractivity contribution >= 4 is 23.5 Å². The summed E-state index contributed by atoms with van der Waals surface area (Å²) in [6, 6.07) is 42.8. The van der Waals surface area contributed by atoms with E-state index in [1.807, 2.05) is 96.7 Å². The predicted molar refractivity (Wildman–Crippen MR) is 369 cm³/mol. The van der Waals surface area contributed by atoms with Crippen LogP contribution in [0.1, 0.15) is 36.5 Å². The van der Waals surface area contributed by atoms with Crippen molar-refractivity contribution in [2.24, 2.45) is 0 Å². The molecular weight excluding hydrogens is 1280 g/mol. The minimum absolute atomic E-state index is 0.0725. The molecule has 5 aromatic carbocycles. The third kappa shape index (κ3) is 41.0. The van der Waals surface area contributed by atoms with Crippen molar-refractivity contribution in [1.29, 1.82) is 0 Å². The highest BCUT2D eigenvalue weighted by atomic mass is 32.2. The Kier molecular flexibility index (Phi) is 47.8. The van der Waals surface area contributed by atoms with Crippen molar-refractivity contribution in [3.05, 3.63) is 144 Å². The topological polar surface area (TPSA) is 194 Å². The smallest absolute Gasteiger partial charge is 0.162 e. The van der Waals surface area contributed by atoms with Gasteiger partial charge in [-0.15, -0.1) is 23.5 Å². The molecule has 536 valence electrons. The van der Waals surface area contributed by atoms with Crippen LogP contribution in [0, 0.1) is 0 Å². The second-order valence-corrected chi connectivity index (χ2v) is 23.7. The molecule has 2 atom stereocenters. The molecule has 21 nitrogen and oxygen atoms in total. The molecule has 0 N–H and O–H groups in total. The van der Waals surface area contributed by atoms with Crippen LogP contribution >= 0.6 is 23.5 Å². The summed E-state index contributed by atoms with van der Waals surface area (Å²) in [5.41, 5.74) is 3.60. The maximum Gasteiger partial charge on any atom is 0.162 e. The first-order chi connectivity index (χ1) is 47.7. The number of thioether (sulfide) groups is 2. The van der Waals surface area contributed by atoms with Gasteiger partial charge in [-0.2, -0.15) is 0 Å². The van der Waals surface area contributed by atoms with Crippen LogP contribution in [0.3, 0.4) is 0 Å². The van der Waals surface area contributed by atoms with Gasteiger partial charge in [0.05, 0.1) is 211 Å². The molecule has 9 rings (SSSR count). The van der Waals surface area contributed by atoms with Crippen LogP contribution in [0.2, 0.25) is 0 Å². The third-order valence-electron chi connectivity index (χ3n) is 13.7. The second kappa shape index (κ2) is 57.1. The number of fused-ring (bicyclic) bond motifs is 2. The minimum Gasteiger partial charge on any atom is -0.487 e. The van der Waals surface area contributed by atoms with Crippen LogP contribution in [0.4, 0.5) is 0 Å². The number of benzene rings is 5. The molecule has 0 aliphatic carbocycles. The van der Waals surface area contributed by atoms with E-state index in [-0.39, 0.29) is 12.2 Å². The van der Waals surface area contributed by atoms with E-state index in [4.69, 9.17) is 99.5 Å². The third-order valence-corrected chi connectivity index (χ3v) is 15.9. The van der Waals surface area contributed by atoms with Crippen LogP contribution in [-0.4, -0.2) is 243 Å². The summed E-state index contributed by atoms with van der Waals surface area (Å²) in [6.45, 7) is 21.8. The van der Waals surface area contributed by atoms with Gasteiger partial charge in [-0.25, -0.2) is 0 Å². The van der Waals surface area contributed by atoms with Gasteiger partial charge in [0.25, 0.3) is 0 Å². The summed E-state index contributed by atoms with van der Waals surface area (Å²) < 4.78 is 117. The molecule has 0 spiro atoms. The summed E-state index contributed by atoms with van der Waals surface area (Å²) in [6.07, 6.45) is 2.24. The Morgan fingerprint density at radius 1 is 0.312 bits per heavy atom. The lowest BCUT2D eigenvalue weighted by Crippen LogP contribution is -2.29. The van der Waals surface area contributed by atoms with Crippen molar-refractivity contribution in [2.45, 2.75) is 60.7 Å². The number of rotatable bonds is 15. The maximum absolute atomic E-state index is 5.91. The Hall–Kier alpha value is -4.68. The molecular formula is C73H106O21S2. The first kappa shape index (κ1) is 80.3. The molecule has 4 aliphatic rings. The fourth-order valence-electron chi connectivity index (χ4n) is 8.75. The Morgan fingerprint density at radius 2 is 0.615 bits per heavy atom. The highest BCUT2D eigenvalue weighted by Crippen LogP contribution is 2.35. The molecule has 0 amide bonds. The van der Waals surface area contributed by atoms with Crippen LogP contribution < -0.4 is 18.9 Å². The van der Waals surface area contributed by atoms with Gasteiger partial charge < -0.3 is 99.5 Å². The van der Waals surface area contributed by atoms with E-state index in [0.717, 1.165) is 50.5 Å². The average molecular weight is 1380 g/mol. The van der Waals surface area contributed by atoms with Gasteiger partial charge in [0.15, 0.2) is 23.0 Å². The number of unbranched alkanes of at least 4 members (excludes halogenated alkanes) is 1. The second-order valence-electron chi connectivity index (χ2n) is 21.5. The molecule has 2 unspecified atom stereocenters. The Balaban J connectivity index is 0.000000203. The summed E-state index contributed by atoms with van der Waals surface area (Å²) in [5, 5.41) is 0. The van der Waals surface area contributed by atoms with Gasteiger partial charge in [0.1, 0.15) is 38.6 Å². The molecule has 0 radical (unpaired) electrons. The van der Waals surface area contributed by atoms with E-state index in [2.05, 4.69) is 49.4 Å². The molecule has 2 fully saturated rings. The number of hydrogen-bond donors (Lipinski definition) is 0. The SMILES string of the molecule is CCCCSc1ccc2c(c1)OCCOCCOCCOCCO2.c1ccc(COCC2COCCOCCOCCO2)cc1.c1ccc(COCC2COCCOCCOCCOCCO2)cc1.c1ccc(CSc2ccc3c(c2)OCCOCCOCCOCCO3)cc1. The van der Waals surface area contributed by atoms with Crippen molar-refractivity contribution in [1.82, 2.24) is 0 Å². The maximum atomic E-state index is 5.91. The van der Waals surface area contributed by atoms with E-state index < -0.39 is 0 Å². The van der Waals surface area contributed by atoms with E-state index in [1.54, 1.807) is 11.8 Å². The molecule has 0 saturated carbocycles. The van der Waals surface area contributed by atoms with Gasteiger partial charge >= 0.3 is 0 Å². The average Bonchev–Trinajstić information content (AvgIpc) is 1.09. The summed E-state index contributed by atoms with van der Waals surface area (Å²) >= 11 is 3.62. The fraction of sp³-hybridized carbons (Fsp3) is 0.589. The predicted octanol–water partition coefficient (Wildman–Crippen LogP) is 10.5. The normalized spacial score (nSPS) is 19.6. The molecule has 0 aromatic heterocycles. The number of hydrogen-bond acceptors (Lipinski definition) is 23. The van der Waals surface area contributed by atoms with E-state index >= 15 is 0 Å². The first-order valence-corrected chi connectivity index (χ1v) is 35.7. The summed E-state index contributed by atoms with van der Waals surface area (Å²) in [5.74, 6) is 5.03. The van der Waals surface area contributed by atoms with E-state index in [0.29, 0.717) is 238 Å². The van der Waals surface area contributed by atoms with Gasteiger partial charge in [-0.1, -0.05) is 104 Å². The van der Waals surface area contributed by atoms with E-state index in [9.17, 15) is 0 Å². The van der Waals surface area contributed by atoms with Gasteiger partial charge in [-0.05, 0) is 65.3 Å². The standard InChI is InChI=1S/C21H26O5S.C18H28O6.C18H28O5S.C16H24O5/c1-2-4-18(5-3-1)17-27-19-6-7-20-21(16-19)26-15-13-24-11-9-22-8-10-23-12-14-25-20;1-2-4-17(5-3-1)14-23-16-18-15-22-11-10-20-7-6-19-8-9-21-12-13-24-18;1-2-3-14-24-16-4-5-17-18(15-16)23-13-11-21-9-7-19-6-8-20-10-12-22-17;1-2-4-15(5-3-1)12-20-14-16-13-19-9-8-17-6-7-18-10-11-21-16/h1-7,16H,8-15,17H2;1-5,18H,6-16H2;4-5,15H,2-3,6-14H2,1H3;1-5,16H,6-14H2. The highest BCUT2D eigenvalue weighted by molar-refractivity contribution is 7.99. The lowest BCUT2D eigenvalue weighted by atomic mass is 10.2. The lowest BCUT2D eigenvalue weighted by molar-refractivity contribution is -0.0921. The number of ether oxygens (including phenoxy) is 21. The first-order valence-electron chi connectivity index (χ1n) is 33.8. The largest absolute Gasteiger partial charge is 0.487 e. The summed E-state index contributed by atoms with van der Waals surface area (Å²) in [4.78, 5) is 2.35. The molecule has 23 heteroatoms. The zero-order valence-corrected chi connectivity index (χ0v) is 58.1. The van der Waals surface area contributed by atoms with Crippen molar-refractivity contribution in [2.75, 3.05) is 230 Å². The van der Waals surface area contributed by atoms with Crippen molar-refractivity contribution in [3.63, 3.8) is 0 Å². The molecule has 4 heterocycles. The molecule has 4 aliphatic heterocycles. The molecule has 2 saturated heterocycles. The summed E-state index contributed by atoms with van der Waals surface area (Å²) in [7, 11) is 0. The lowest BCUT2D eigenvalue weighted by Gasteiger charge is -2.19. The van der Waals surface area contributed by atoms with Crippen molar-refractivity contribution < 1.29 is 99.5 Å². The molecule has 96 heavy (non-hydrogen) atoms. The highest BCUT2D eigenvalue weighted by Gasteiger charge is 2.15. The van der Waals surface area contributed by atoms with Gasteiger partial charge in [0, 0.05) is 15.5 Å². The van der Waals surface area contributed by atoms with Crippen LogP contribution in [0.15, 0.2) is 137 Å². The van der Waals surface area contributed by atoms with Crippen LogP contribution in [-0.2, 0) is 99.5 Å². The van der Waals surface area contributed by atoms with E-state index in [1.165, 1.54) is 23.3 Å². The molecule has 5 aromatic rings. The Bertz CT molecular complexity index is 2540.